The molecule has 1 N–H and O–H groups in total. The molecule has 0 saturated heterocycles. The van der Waals surface area contributed by atoms with Gasteiger partial charge >= 0.3 is 0 Å². The number of nitrogens with one attached hydrogen (secondary N) is 1. The van der Waals surface area contributed by atoms with E-state index in [1.807, 2.05) is 0 Å². The fraction of sp³-hybridized carbons (Fsp3) is 0.400. The van der Waals surface area contributed by atoms with Crippen LogP contribution in [0.3, 0.4) is 0 Å². The van der Waals surface area contributed by atoms with Gasteiger partial charge < -0.3 is 5.32 Å². The van der Waals surface area contributed by atoms with E-state index in [-0.39, 0.29) is 11.2 Å². The third-order valence-corrected chi connectivity index (χ3v) is 2.80. The Kier molecular flexibility index (Phi) is 1.77. The molecule has 70 valence electrons. The first-order valence-corrected chi connectivity index (χ1v) is 4.62. The predicted molar refractivity (Wildman–Crippen MR) is 52.9 cm³/mol. The number of fused-ring (bicyclic) bond motifs is 1. The van der Waals surface area contributed by atoms with Crippen molar-refractivity contribution in [3.8, 4) is 0 Å². The minimum atomic E-state index is -0.218. The molecule has 0 radical (unpaired) electrons. The van der Waals surface area contributed by atoms with Crippen molar-refractivity contribution in [1.29, 1.82) is 0 Å². The van der Waals surface area contributed by atoms with E-state index < -0.39 is 0 Å². The fourth-order valence-corrected chi connectivity index (χ4v) is 2.20. The molecule has 0 amide bonds. The minimum Gasteiger partial charge on any atom is -0.382 e. The van der Waals surface area contributed by atoms with Gasteiger partial charge in [-0.15, -0.1) is 0 Å². The molecule has 1 aromatic carbocycles. The standard InChI is InChI=1S/C10H11ClFN/c1-10(2)5-13-9-7(12)4-3-6(11)8(9)10/h3-4,13H,5H2,1-2H3. The average molecular weight is 200 g/mol. The maximum atomic E-state index is 13.3. The number of halogens is 2. The van der Waals surface area contributed by atoms with Gasteiger partial charge in [-0.3, -0.25) is 0 Å². The summed E-state index contributed by atoms with van der Waals surface area (Å²) in [6.45, 7) is 4.84. The highest BCUT2D eigenvalue weighted by Crippen LogP contribution is 2.42. The van der Waals surface area contributed by atoms with Crippen LogP contribution in [-0.2, 0) is 5.41 Å². The van der Waals surface area contributed by atoms with Crippen LogP contribution in [0, 0.1) is 5.82 Å². The molecule has 0 atom stereocenters. The van der Waals surface area contributed by atoms with E-state index in [0.717, 1.165) is 12.1 Å². The summed E-state index contributed by atoms with van der Waals surface area (Å²) in [6.07, 6.45) is 0. The molecule has 1 aliphatic heterocycles. The molecule has 0 aliphatic carbocycles. The number of anilines is 1. The van der Waals surface area contributed by atoms with Crippen LogP contribution >= 0.6 is 11.6 Å². The van der Waals surface area contributed by atoms with Crippen molar-refractivity contribution < 1.29 is 4.39 Å². The van der Waals surface area contributed by atoms with Crippen molar-refractivity contribution in [2.75, 3.05) is 11.9 Å². The second kappa shape index (κ2) is 2.61. The number of rotatable bonds is 0. The Labute approximate surface area is 81.9 Å². The zero-order valence-electron chi connectivity index (χ0n) is 7.62. The monoisotopic (exact) mass is 199 g/mol. The SMILES string of the molecule is CC1(C)CNc2c(F)ccc(Cl)c21. The van der Waals surface area contributed by atoms with E-state index in [1.165, 1.54) is 6.07 Å². The third kappa shape index (κ3) is 1.20. The van der Waals surface area contributed by atoms with Crippen molar-refractivity contribution in [1.82, 2.24) is 0 Å². The normalized spacial score (nSPS) is 18.2. The predicted octanol–water partition coefficient (Wildman–Crippen LogP) is 3.18. The van der Waals surface area contributed by atoms with Crippen LogP contribution in [-0.4, -0.2) is 6.54 Å². The molecule has 1 aromatic rings. The van der Waals surface area contributed by atoms with Gasteiger partial charge in [-0.1, -0.05) is 25.4 Å². The molecule has 0 spiro atoms. The van der Waals surface area contributed by atoms with Gasteiger partial charge in [0.2, 0.25) is 0 Å². The van der Waals surface area contributed by atoms with Gasteiger partial charge in [-0.25, -0.2) is 4.39 Å². The van der Waals surface area contributed by atoms with Gasteiger partial charge in [0, 0.05) is 22.5 Å². The van der Waals surface area contributed by atoms with Crippen LogP contribution in [0.15, 0.2) is 12.1 Å². The topological polar surface area (TPSA) is 12.0 Å². The number of hydrogen-bond acceptors (Lipinski definition) is 1. The van der Waals surface area contributed by atoms with E-state index >= 15 is 0 Å². The Morgan fingerprint density at radius 1 is 1.46 bits per heavy atom. The molecule has 0 aromatic heterocycles. The molecule has 0 fully saturated rings. The quantitative estimate of drug-likeness (QED) is 0.677. The zero-order valence-corrected chi connectivity index (χ0v) is 8.37. The minimum absolute atomic E-state index is 0.0749. The Bertz CT molecular complexity index is 360. The second-order valence-corrected chi connectivity index (χ2v) is 4.42. The number of hydrogen-bond donors (Lipinski definition) is 1. The van der Waals surface area contributed by atoms with Gasteiger partial charge in [-0.05, 0) is 12.1 Å². The Morgan fingerprint density at radius 3 is 2.77 bits per heavy atom. The molecule has 3 heteroatoms. The van der Waals surface area contributed by atoms with Gasteiger partial charge in [-0.2, -0.15) is 0 Å². The van der Waals surface area contributed by atoms with Gasteiger partial charge in [0.15, 0.2) is 0 Å². The molecule has 0 saturated carbocycles. The van der Waals surface area contributed by atoms with Crippen molar-refractivity contribution in [2.24, 2.45) is 0 Å². The van der Waals surface area contributed by atoms with Gasteiger partial charge in [0.1, 0.15) is 5.82 Å². The third-order valence-electron chi connectivity index (χ3n) is 2.49. The summed E-state index contributed by atoms with van der Waals surface area (Å²) in [6, 6.07) is 3.01. The van der Waals surface area contributed by atoms with Crippen LogP contribution in [0.25, 0.3) is 0 Å². The van der Waals surface area contributed by atoms with Crippen LogP contribution in [0.2, 0.25) is 5.02 Å². The lowest BCUT2D eigenvalue weighted by molar-refractivity contribution is 0.585. The molecular formula is C10H11ClFN. The second-order valence-electron chi connectivity index (χ2n) is 4.02. The Hall–Kier alpha value is -0.760. The maximum Gasteiger partial charge on any atom is 0.146 e. The molecular weight excluding hydrogens is 189 g/mol. The summed E-state index contributed by atoms with van der Waals surface area (Å²) < 4.78 is 13.3. The van der Waals surface area contributed by atoms with E-state index in [4.69, 9.17) is 11.6 Å². The summed E-state index contributed by atoms with van der Waals surface area (Å²) in [4.78, 5) is 0. The van der Waals surface area contributed by atoms with E-state index in [0.29, 0.717) is 10.7 Å². The lowest BCUT2D eigenvalue weighted by atomic mass is 9.87. The summed E-state index contributed by atoms with van der Waals surface area (Å²) in [5.74, 6) is -0.218. The summed E-state index contributed by atoms with van der Waals surface area (Å²) >= 11 is 6.02. The lowest BCUT2D eigenvalue weighted by Gasteiger charge is -2.18. The summed E-state index contributed by atoms with van der Waals surface area (Å²) in [5.41, 5.74) is 1.39. The Balaban J connectivity index is 2.70. The molecule has 1 aliphatic rings. The van der Waals surface area contributed by atoms with Crippen molar-refractivity contribution in [3.63, 3.8) is 0 Å². The Morgan fingerprint density at radius 2 is 2.15 bits per heavy atom. The van der Waals surface area contributed by atoms with Crippen molar-refractivity contribution >= 4 is 17.3 Å². The van der Waals surface area contributed by atoms with E-state index in [9.17, 15) is 4.39 Å². The highest BCUT2D eigenvalue weighted by atomic mass is 35.5. The molecule has 1 nitrogen and oxygen atoms in total. The lowest BCUT2D eigenvalue weighted by Crippen LogP contribution is -2.19. The molecule has 13 heavy (non-hydrogen) atoms. The molecule has 0 unspecified atom stereocenters. The average Bonchev–Trinajstić information content (AvgIpc) is 2.36. The largest absolute Gasteiger partial charge is 0.382 e. The first-order chi connectivity index (χ1) is 6.02. The van der Waals surface area contributed by atoms with Gasteiger partial charge in [0.25, 0.3) is 0 Å². The highest BCUT2D eigenvalue weighted by Gasteiger charge is 2.33. The van der Waals surface area contributed by atoms with Gasteiger partial charge in [0.05, 0.1) is 5.69 Å². The molecule has 0 bridgehead atoms. The van der Waals surface area contributed by atoms with Crippen LogP contribution in [0.1, 0.15) is 19.4 Å². The summed E-state index contributed by atoms with van der Waals surface area (Å²) in [7, 11) is 0. The molecule has 1 heterocycles. The highest BCUT2D eigenvalue weighted by molar-refractivity contribution is 6.32. The first kappa shape index (κ1) is 8.82. The summed E-state index contributed by atoms with van der Waals surface area (Å²) in [5, 5.41) is 3.68. The smallest absolute Gasteiger partial charge is 0.146 e. The van der Waals surface area contributed by atoms with E-state index in [1.54, 1.807) is 6.07 Å². The fourth-order valence-electron chi connectivity index (χ4n) is 1.78. The van der Waals surface area contributed by atoms with Crippen LogP contribution < -0.4 is 5.32 Å². The number of benzene rings is 1. The van der Waals surface area contributed by atoms with Crippen molar-refractivity contribution in [2.45, 2.75) is 19.3 Å². The van der Waals surface area contributed by atoms with E-state index in [2.05, 4.69) is 19.2 Å². The zero-order chi connectivity index (χ0) is 9.64. The van der Waals surface area contributed by atoms with Crippen molar-refractivity contribution in [3.05, 3.63) is 28.5 Å². The maximum absolute atomic E-state index is 13.3. The molecule has 2 rings (SSSR count). The van der Waals surface area contributed by atoms with Crippen LogP contribution in [0.4, 0.5) is 10.1 Å². The first-order valence-electron chi connectivity index (χ1n) is 4.25. The van der Waals surface area contributed by atoms with Crippen LogP contribution in [0.5, 0.6) is 0 Å².